The number of aromatic carboxylic acids is 1. The fraction of sp³-hybridized carbons (Fsp3) is 0.167. The van der Waals surface area contributed by atoms with Crippen LogP contribution in [0, 0.1) is 6.92 Å². The summed E-state index contributed by atoms with van der Waals surface area (Å²) < 4.78 is 0. The first-order valence-corrected chi connectivity index (χ1v) is 3.21. The van der Waals surface area contributed by atoms with E-state index in [9.17, 15) is 4.79 Å². The number of aryl methyl sites for hydroxylation is 1. The van der Waals surface area contributed by atoms with E-state index in [0.717, 1.165) is 0 Å². The average molecular weight is 173 g/mol. The number of hydrogen-bond donors (Lipinski definition) is 1. The van der Waals surface area contributed by atoms with E-state index in [1.165, 1.54) is 6.20 Å². The van der Waals surface area contributed by atoms with Crippen molar-refractivity contribution in [1.82, 2.24) is 9.97 Å². The summed E-state index contributed by atoms with van der Waals surface area (Å²) in [5.74, 6) is -1.09. The van der Waals surface area contributed by atoms with Gasteiger partial charge in [0.1, 0.15) is 0 Å². The lowest BCUT2D eigenvalue weighted by Gasteiger charge is -1.96. The molecule has 0 atom stereocenters. The van der Waals surface area contributed by atoms with E-state index >= 15 is 0 Å². The molecule has 0 spiro atoms. The fourth-order valence-corrected chi connectivity index (χ4v) is 0.770. The molecule has 0 saturated heterocycles. The Hall–Kier alpha value is -1.16. The van der Waals surface area contributed by atoms with Crippen molar-refractivity contribution < 1.29 is 9.90 Å². The van der Waals surface area contributed by atoms with Crippen LogP contribution in [-0.2, 0) is 0 Å². The molecule has 0 aliphatic carbocycles. The van der Waals surface area contributed by atoms with Gasteiger partial charge in [0.05, 0.1) is 0 Å². The standard InChI is InChI=1S/C6H5ClN2O2/c1-3-2-8-6(7)9-4(3)5(10)11/h2H,1H3,(H,10,11). The second-order valence-corrected chi connectivity index (χ2v) is 2.31. The first-order valence-electron chi connectivity index (χ1n) is 2.83. The Bertz CT molecular complexity index is 301. The van der Waals surface area contributed by atoms with Gasteiger partial charge in [-0.05, 0) is 18.5 Å². The highest BCUT2D eigenvalue weighted by Gasteiger charge is 2.09. The smallest absolute Gasteiger partial charge is 0.354 e. The van der Waals surface area contributed by atoms with Gasteiger partial charge in [-0.3, -0.25) is 0 Å². The summed E-state index contributed by atoms with van der Waals surface area (Å²) in [7, 11) is 0. The van der Waals surface area contributed by atoms with Crippen LogP contribution in [0.5, 0.6) is 0 Å². The van der Waals surface area contributed by atoms with Crippen molar-refractivity contribution in [2.45, 2.75) is 6.92 Å². The van der Waals surface area contributed by atoms with Crippen molar-refractivity contribution in [2.75, 3.05) is 0 Å². The molecule has 0 aromatic carbocycles. The van der Waals surface area contributed by atoms with Gasteiger partial charge >= 0.3 is 5.97 Å². The molecule has 0 fully saturated rings. The zero-order valence-electron chi connectivity index (χ0n) is 5.71. The Morgan fingerprint density at radius 3 is 2.82 bits per heavy atom. The molecule has 0 bridgehead atoms. The number of hydrogen-bond acceptors (Lipinski definition) is 3. The van der Waals surface area contributed by atoms with Gasteiger partial charge in [0.2, 0.25) is 5.28 Å². The first-order chi connectivity index (χ1) is 5.11. The number of carbonyl (C=O) groups is 1. The summed E-state index contributed by atoms with van der Waals surface area (Å²) >= 11 is 5.38. The molecule has 1 aromatic heterocycles. The Morgan fingerprint density at radius 2 is 2.36 bits per heavy atom. The predicted molar refractivity (Wildman–Crippen MR) is 38.7 cm³/mol. The maximum Gasteiger partial charge on any atom is 0.354 e. The van der Waals surface area contributed by atoms with Gasteiger partial charge in [-0.25, -0.2) is 14.8 Å². The van der Waals surface area contributed by atoms with Crippen LogP contribution < -0.4 is 0 Å². The van der Waals surface area contributed by atoms with Crippen molar-refractivity contribution >= 4 is 17.6 Å². The Kier molecular flexibility index (Phi) is 2.05. The number of nitrogens with zero attached hydrogens (tertiary/aromatic N) is 2. The van der Waals surface area contributed by atoms with Crippen LogP contribution in [0.4, 0.5) is 0 Å². The minimum atomic E-state index is -1.09. The monoisotopic (exact) mass is 172 g/mol. The Balaban J connectivity index is 3.23. The number of carboxylic acids is 1. The highest BCUT2D eigenvalue weighted by atomic mass is 35.5. The van der Waals surface area contributed by atoms with Gasteiger partial charge in [0.15, 0.2) is 5.69 Å². The molecule has 1 N–H and O–H groups in total. The molecule has 58 valence electrons. The zero-order chi connectivity index (χ0) is 8.43. The largest absolute Gasteiger partial charge is 0.476 e. The van der Waals surface area contributed by atoms with E-state index in [0.29, 0.717) is 5.56 Å². The molecule has 0 saturated carbocycles. The highest BCUT2D eigenvalue weighted by Crippen LogP contribution is 2.06. The number of carboxylic acid groups (broad SMARTS) is 1. The second kappa shape index (κ2) is 2.84. The van der Waals surface area contributed by atoms with Crippen LogP contribution in [0.2, 0.25) is 5.28 Å². The molecular formula is C6H5ClN2O2. The lowest BCUT2D eigenvalue weighted by atomic mass is 10.3. The van der Waals surface area contributed by atoms with Gasteiger partial charge < -0.3 is 5.11 Å². The van der Waals surface area contributed by atoms with Crippen molar-refractivity contribution in [3.8, 4) is 0 Å². The molecule has 0 amide bonds. The Morgan fingerprint density at radius 1 is 1.73 bits per heavy atom. The molecule has 1 heterocycles. The van der Waals surface area contributed by atoms with Crippen LogP contribution >= 0.6 is 11.6 Å². The van der Waals surface area contributed by atoms with Gasteiger partial charge in [-0.15, -0.1) is 0 Å². The van der Waals surface area contributed by atoms with Crippen molar-refractivity contribution in [3.05, 3.63) is 22.7 Å². The SMILES string of the molecule is Cc1cnc(Cl)nc1C(=O)O. The third-order valence-corrected chi connectivity index (χ3v) is 1.33. The number of halogens is 1. The van der Waals surface area contributed by atoms with Gasteiger partial charge in [-0.2, -0.15) is 0 Å². The molecule has 1 rings (SSSR count). The third-order valence-electron chi connectivity index (χ3n) is 1.14. The molecule has 0 aliphatic heterocycles. The van der Waals surface area contributed by atoms with E-state index in [4.69, 9.17) is 16.7 Å². The van der Waals surface area contributed by atoms with Crippen LogP contribution in [0.15, 0.2) is 6.20 Å². The quantitative estimate of drug-likeness (QED) is 0.646. The van der Waals surface area contributed by atoms with Crippen molar-refractivity contribution in [1.29, 1.82) is 0 Å². The maximum absolute atomic E-state index is 10.4. The lowest BCUT2D eigenvalue weighted by Crippen LogP contribution is -2.04. The van der Waals surface area contributed by atoms with Gasteiger partial charge in [0.25, 0.3) is 0 Å². The molecule has 1 aromatic rings. The molecular weight excluding hydrogens is 168 g/mol. The summed E-state index contributed by atoms with van der Waals surface area (Å²) in [6.07, 6.45) is 1.37. The summed E-state index contributed by atoms with van der Waals surface area (Å²) in [6.45, 7) is 1.61. The van der Waals surface area contributed by atoms with E-state index in [2.05, 4.69) is 9.97 Å². The van der Waals surface area contributed by atoms with Crippen LogP contribution in [0.3, 0.4) is 0 Å². The molecule has 11 heavy (non-hydrogen) atoms. The van der Waals surface area contributed by atoms with Gasteiger partial charge in [-0.1, -0.05) is 0 Å². The third kappa shape index (κ3) is 1.65. The Labute approximate surface area is 67.9 Å². The fourth-order valence-electron chi connectivity index (χ4n) is 0.637. The highest BCUT2D eigenvalue weighted by molar-refractivity contribution is 6.28. The zero-order valence-corrected chi connectivity index (χ0v) is 6.46. The average Bonchev–Trinajstić information content (AvgIpc) is 1.94. The molecule has 0 aliphatic rings. The first kappa shape index (κ1) is 7.94. The number of aromatic nitrogens is 2. The normalized spacial score (nSPS) is 9.64. The molecule has 5 heteroatoms. The van der Waals surface area contributed by atoms with E-state index < -0.39 is 5.97 Å². The predicted octanol–water partition coefficient (Wildman–Crippen LogP) is 1.14. The number of rotatable bonds is 1. The minimum absolute atomic E-state index is 0.0481. The van der Waals surface area contributed by atoms with Crippen LogP contribution in [-0.4, -0.2) is 21.0 Å². The van der Waals surface area contributed by atoms with Crippen molar-refractivity contribution in [2.24, 2.45) is 0 Å². The van der Waals surface area contributed by atoms with Crippen LogP contribution in [0.1, 0.15) is 16.1 Å². The summed E-state index contributed by atoms with van der Waals surface area (Å²) in [4.78, 5) is 17.6. The minimum Gasteiger partial charge on any atom is -0.476 e. The van der Waals surface area contributed by atoms with Crippen LogP contribution in [0.25, 0.3) is 0 Å². The van der Waals surface area contributed by atoms with E-state index in [-0.39, 0.29) is 11.0 Å². The summed E-state index contributed by atoms with van der Waals surface area (Å²) in [5.41, 5.74) is 0.451. The summed E-state index contributed by atoms with van der Waals surface area (Å²) in [6, 6.07) is 0. The van der Waals surface area contributed by atoms with Gasteiger partial charge in [0, 0.05) is 11.8 Å². The summed E-state index contributed by atoms with van der Waals surface area (Å²) in [5, 5.41) is 8.49. The van der Waals surface area contributed by atoms with E-state index in [1.54, 1.807) is 6.92 Å². The molecule has 4 nitrogen and oxygen atoms in total. The maximum atomic E-state index is 10.4. The topological polar surface area (TPSA) is 63.1 Å². The molecule has 0 unspecified atom stereocenters. The molecule has 0 radical (unpaired) electrons. The van der Waals surface area contributed by atoms with Crippen molar-refractivity contribution in [3.63, 3.8) is 0 Å². The lowest BCUT2D eigenvalue weighted by molar-refractivity contribution is 0.0689. The van der Waals surface area contributed by atoms with E-state index in [1.807, 2.05) is 0 Å². The second-order valence-electron chi connectivity index (χ2n) is 1.98.